The molecule has 0 saturated carbocycles. The normalized spacial score (nSPS) is 10.3. The van der Waals surface area contributed by atoms with Crippen LogP contribution in [0.1, 0.15) is 0 Å². The van der Waals surface area contributed by atoms with E-state index in [2.05, 4.69) is 5.32 Å². The molecule has 104 valence electrons. The Bertz CT molecular complexity index is 634. The number of benzene rings is 2. The van der Waals surface area contributed by atoms with E-state index in [9.17, 15) is 9.90 Å². The van der Waals surface area contributed by atoms with Gasteiger partial charge in [-0.3, -0.25) is 4.79 Å². The molecule has 2 aromatic rings. The summed E-state index contributed by atoms with van der Waals surface area (Å²) in [6.45, 7) is 0. The molecule has 0 aliphatic rings. The van der Waals surface area contributed by atoms with Crippen molar-refractivity contribution in [2.75, 3.05) is 11.1 Å². The molecule has 0 aliphatic heterocycles. The van der Waals surface area contributed by atoms with Crippen LogP contribution >= 0.6 is 35.0 Å². The smallest absolute Gasteiger partial charge is 0.234 e. The number of amides is 1. The highest BCUT2D eigenvalue weighted by atomic mass is 35.5. The van der Waals surface area contributed by atoms with Crippen LogP contribution in [0.15, 0.2) is 47.4 Å². The van der Waals surface area contributed by atoms with Crippen molar-refractivity contribution in [1.29, 1.82) is 0 Å². The largest absolute Gasteiger partial charge is 0.508 e. The van der Waals surface area contributed by atoms with Crippen molar-refractivity contribution in [2.24, 2.45) is 0 Å². The van der Waals surface area contributed by atoms with E-state index in [0.717, 1.165) is 4.90 Å². The minimum atomic E-state index is -0.192. The minimum absolute atomic E-state index is 0.174. The highest BCUT2D eigenvalue weighted by molar-refractivity contribution is 8.00. The first-order chi connectivity index (χ1) is 9.56. The van der Waals surface area contributed by atoms with Crippen molar-refractivity contribution >= 4 is 46.6 Å². The fourth-order valence-corrected chi connectivity index (χ4v) is 2.61. The number of phenols is 1. The number of carbonyl (C=O) groups is 1. The Labute approximate surface area is 130 Å². The van der Waals surface area contributed by atoms with E-state index in [0.29, 0.717) is 15.7 Å². The number of hydrogen-bond acceptors (Lipinski definition) is 3. The summed E-state index contributed by atoms with van der Waals surface area (Å²) in [6, 6.07) is 11.8. The number of halogens is 2. The highest BCUT2D eigenvalue weighted by Crippen LogP contribution is 2.30. The predicted octanol–water partition coefficient (Wildman–Crippen LogP) is 4.43. The van der Waals surface area contributed by atoms with Crippen LogP contribution in [0.25, 0.3) is 0 Å². The monoisotopic (exact) mass is 327 g/mol. The molecule has 0 fully saturated rings. The van der Waals surface area contributed by atoms with Gasteiger partial charge < -0.3 is 10.4 Å². The van der Waals surface area contributed by atoms with E-state index in [1.54, 1.807) is 36.4 Å². The second-order valence-electron chi connectivity index (χ2n) is 3.94. The zero-order valence-corrected chi connectivity index (χ0v) is 12.6. The number of aromatic hydroxyl groups is 1. The summed E-state index contributed by atoms with van der Waals surface area (Å²) in [5, 5.41) is 12.7. The quantitative estimate of drug-likeness (QED) is 0.816. The number of anilines is 1. The Kier molecular flexibility index (Phi) is 5.17. The van der Waals surface area contributed by atoms with Crippen LogP contribution in [-0.4, -0.2) is 16.8 Å². The summed E-state index contributed by atoms with van der Waals surface area (Å²) in [7, 11) is 0. The number of nitrogens with one attached hydrogen (secondary N) is 1. The van der Waals surface area contributed by atoms with Crippen LogP contribution in [0.4, 0.5) is 5.69 Å². The summed E-state index contributed by atoms with van der Waals surface area (Å²) < 4.78 is 0. The molecule has 2 aromatic carbocycles. The molecule has 0 radical (unpaired) electrons. The maximum Gasteiger partial charge on any atom is 0.234 e. The lowest BCUT2D eigenvalue weighted by Crippen LogP contribution is -2.14. The number of phenolic OH excluding ortho intramolecular Hbond substituents is 1. The van der Waals surface area contributed by atoms with Gasteiger partial charge in [-0.1, -0.05) is 35.3 Å². The molecule has 0 bridgehead atoms. The summed E-state index contributed by atoms with van der Waals surface area (Å²) >= 11 is 13.2. The lowest BCUT2D eigenvalue weighted by atomic mass is 10.3. The third-order valence-electron chi connectivity index (χ3n) is 2.41. The average Bonchev–Trinajstić information content (AvgIpc) is 2.42. The van der Waals surface area contributed by atoms with Crippen LogP contribution in [0.2, 0.25) is 10.0 Å². The van der Waals surface area contributed by atoms with Gasteiger partial charge in [0.25, 0.3) is 0 Å². The SMILES string of the molecule is O=C(CSc1cccc(O)c1)Nc1cccc(Cl)c1Cl. The van der Waals surface area contributed by atoms with E-state index in [1.165, 1.54) is 11.8 Å². The zero-order chi connectivity index (χ0) is 14.5. The van der Waals surface area contributed by atoms with Gasteiger partial charge in [0.1, 0.15) is 5.75 Å². The Balaban J connectivity index is 1.94. The highest BCUT2D eigenvalue weighted by Gasteiger charge is 2.08. The molecule has 0 aliphatic carbocycles. The second kappa shape index (κ2) is 6.88. The van der Waals surface area contributed by atoms with E-state index < -0.39 is 0 Å². The molecule has 2 rings (SSSR count). The van der Waals surface area contributed by atoms with Crippen molar-refractivity contribution in [2.45, 2.75) is 4.90 Å². The van der Waals surface area contributed by atoms with E-state index in [4.69, 9.17) is 23.2 Å². The van der Waals surface area contributed by atoms with Crippen LogP contribution < -0.4 is 5.32 Å². The van der Waals surface area contributed by atoms with Gasteiger partial charge in [-0.25, -0.2) is 0 Å². The van der Waals surface area contributed by atoms with Gasteiger partial charge in [0, 0.05) is 4.90 Å². The topological polar surface area (TPSA) is 49.3 Å². The van der Waals surface area contributed by atoms with E-state index in [1.807, 2.05) is 6.07 Å². The summed E-state index contributed by atoms with van der Waals surface area (Å²) in [5.41, 5.74) is 0.487. The van der Waals surface area contributed by atoms with Crippen molar-refractivity contribution < 1.29 is 9.90 Å². The Morgan fingerprint density at radius 1 is 1.20 bits per heavy atom. The predicted molar refractivity (Wildman–Crippen MR) is 83.9 cm³/mol. The third kappa shape index (κ3) is 4.07. The molecule has 0 aromatic heterocycles. The van der Waals surface area contributed by atoms with Gasteiger partial charge in [0.2, 0.25) is 5.91 Å². The molecule has 0 spiro atoms. The molecule has 6 heteroatoms. The number of thioether (sulfide) groups is 1. The Hall–Kier alpha value is -1.36. The molecule has 3 nitrogen and oxygen atoms in total. The maximum absolute atomic E-state index is 11.8. The minimum Gasteiger partial charge on any atom is -0.508 e. The van der Waals surface area contributed by atoms with E-state index in [-0.39, 0.29) is 17.4 Å². The van der Waals surface area contributed by atoms with Gasteiger partial charge in [-0.05, 0) is 30.3 Å². The molecule has 0 atom stereocenters. The molecule has 1 amide bonds. The first-order valence-corrected chi connectivity index (χ1v) is 7.46. The molecule has 2 N–H and O–H groups in total. The molecule has 0 unspecified atom stereocenters. The second-order valence-corrected chi connectivity index (χ2v) is 5.77. The maximum atomic E-state index is 11.8. The summed E-state index contributed by atoms with van der Waals surface area (Å²) in [5.74, 6) is 0.197. The lowest BCUT2D eigenvalue weighted by Gasteiger charge is -2.08. The van der Waals surface area contributed by atoms with Crippen molar-refractivity contribution in [3.8, 4) is 5.75 Å². The molecular weight excluding hydrogens is 317 g/mol. The third-order valence-corrected chi connectivity index (χ3v) is 4.23. The molecule has 20 heavy (non-hydrogen) atoms. The van der Waals surface area contributed by atoms with Gasteiger partial charge in [-0.2, -0.15) is 0 Å². The first kappa shape index (κ1) is 15.0. The number of rotatable bonds is 4. The van der Waals surface area contributed by atoms with E-state index >= 15 is 0 Å². The van der Waals surface area contributed by atoms with Crippen LogP contribution in [0.3, 0.4) is 0 Å². The fraction of sp³-hybridized carbons (Fsp3) is 0.0714. The van der Waals surface area contributed by atoms with Crippen molar-refractivity contribution in [3.05, 3.63) is 52.5 Å². The zero-order valence-electron chi connectivity index (χ0n) is 10.3. The molecular formula is C14H11Cl2NO2S. The standard InChI is InChI=1S/C14H11Cl2NO2S/c15-11-5-2-6-12(14(11)16)17-13(19)8-20-10-4-1-3-9(18)7-10/h1-7,18H,8H2,(H,17,19). The van der Waals surface area contributed by atoms with Crippen molar-refractivity contribution in [1.82, 2.24) is 0 Å². The number of hydrogen-bond donors (Lipinski definition) is 2. The molecule has 0 heterocycles. The Morgan fingerprint density at radius 3 is 2.70 bits per heavy atom. The summed E-state index contributed by atoms with van der Waals surface area (Å²) in [4.78, 5) is 12.7. The molecule has 0 saturated heterocycles. The first-order valence-electron chi connectivity index (χ1n) is 5.72. The van der Waals surface area contributed by atoms with Gasteiger partial charge >= 0.3 is 0 Å². The lowest BCUT2D eigenvalue weighted by molar-refractivity contribution is -0.113. The van der Waals surface area contributed by atoms with Crippen LogP contribution in [0, 0.1) is 0 Å². The number of carbonyl (C=O) groups excluding carboxylic acids is 1. The Morgan fingerprint density at radius 2 is 1.95 bits per heavy atom. The fourth-order valence-electron chi connectivity index (χ4n) is 1.51. The average molecular weight is 328 g/mol. The van der Waals surface area contributed by atoms with Crippen LogP contribution in [-0.2, 0) is 4.79 Å². The van der Waals surface area contributed by atoms with Gasteiger partial charge in [0.15, 0.2) is 0 Å². The van der Waals surface area contributed by atoms with Gasteiger partial charge in [0.05, 0.1) is 21.5 Å². The summed E-state index contributed by atoms with van der Waals surface area (Å²) in [6.07, 6.45) is 0. The van der Waals surface area contributed by atoms with Crippen molar-refractivity contribution in [3.63, 3.8) is 0 Å². The van der Waals surface area contributed by atoms with Crippen LogP contribution in [0.5, 0.6) is 5.75 Å². The van der Waals surface area contributed by atoms with Gasteiger partial charge in [-0.15, -0.1) is 11.8 Å².